The Bertz CT molecular complexity index is 1080. The Morgan fingerprint density at radius 2 is 1.73 bits per heavy atom. The number of hydrogen-bond donors (Lipinski definition) is 1. The number of nitrogens with two attached hydrogens (primary N) is 1. The molecule has 0 spiro atoms. The molecule has 2 N–H and O–H groups in total. The molecular formula is C21H22N2O6S. The summed E-state index contributed by atoms with van der Waals surface area (Å²) in [6.07, 6.45) is 1.61. The van der Waals surface area contributed by atoms with Crippen LogP contribution in [0.2, 0.25) is 0 Å². The smallest absolute Gasteiger partial charge is 0.329 e. The number of carbonyl (C=O) groups excluding carboxylic acids is 3. The summed E-state index contributed by atoms with van der Waals surface area (Å²) in [6, 6.07) is 10.5. The summed E-state index contributed by atoms with van der Waals surface area (Å²) in [5.74, 6) is -1.44. The molecule has 1 unspecified atom stereocenters. The van der Waals surface area contributed by atoms with Crippen LogP contribution in [0.15, 0.2) is 53.4 Å². The maximum absolute atomic E-state index is 13.2. The Morgan fingerprint density at radius 1 is 1.03 bits per heavy atom. The van der Waals surface area contributed by atoms with Gasteiger partial charge in [-0.05, 0) is 56.5 Å². The average Bonchev–Trinajstić information content (AvgIpc) is 2.74. The molecule has 1 atom stereocenters. The molecule has 1 fully saturated rings. The third kappa shape index (κ3) is 4.58. The molecule has 3 rings (SSSR count). The zero-order valence-electron chi connectivity index (χ0n) is 16.4. The lowest BCUT2D eigenvalue weighted by atomic mass is 10.1. The summed E-state index contributed by atoms with van der Waals surface area (Å²) in [5.41, 5.74) is 5.82. The van der Waals surface area contributed by atoms with Gasteiger partial charge in [0.25, 0.3) is 0 Å². The minimum Gasteiger partial charge on any atom is -0.425 e. The number of esters is 1. The standard InChI is InChI=1S/C21H22N2O6S/c1-14(24)15-8-10-18(11-9-15)30(27,28)23-12-3-2-7-19(23)21(26)29-17-6-4-5-16(13-17)20(22)25/h4-6,8-11,13,19H,2-3,7,12H2,1H3,(H2,22,25). The molecule has 1 aliphatic heterocycles. The number of sulfonamides is 1. The van der Waals surface area contributed by atoms with E-state index in [-0.39, 0.29) is 28.5 Å². The Kier molecular flexibility index (Phi) is 6.33. The van der Waals surface area contributed by atoms with E-state index in [2.05, 4.69) is 0 Å². The van der Waals surface area contributed by atoms with Crippen molar-refractivity contribution in [2.24, 2.45) is 5.73 Å². The number of primary amides is 1. The monoisotopic (exact) mass is 430 g/mol. The van der Waals surface area contributed by atoms with Crippen molar-refractivity contribution in [3.05, 3.63) is 59.7 Å². The molecule has 1 heterocycles. The van der Waals surface area contributed by atoms with Crippen LogP contribution in [-0.4, -0.2) is 43.0 Å². The number of nitrogens with zero attached hydrogens (tertiary/aromatic N) is 1. The second-order valence-corrected chi connectivity index (χ2v) is 8.91. The Labute approximate surface area is 174 Å². The molecule has 1 aliphatic rings. The minimum atomic E-state index is -3.97. The molecule has 0 radical (unpaired) electrons. The van der Waals surface area contributed by atoms with E-state index in [9.17, 15) is 22.8 Å². The summed E-state index contributed by atoms with van der Waals surface area (Å²) < 4.78 is 32.8. The van der Waals surface area contributed by atoms with Gasteiger partial charge in [0, 0.05) is 17.7 Å². The predicted octanol–water partition coefficient (Wildman–Crippen LogP) is 2.14. The number of ether oxygens (including phenoxy) is 1. The normalized spacial score (nSPS) is 17.3. The summed E-state index contributed by atoms with van der Waals surface area (Å²) in [6.45, 7) is 1.57. The molecule has 158 valence electrons. The van der Waals surface area contributed by atoms with E-state index >= 15 is 0 Å². The number of benzene rings is 2. The predicted molar refractivity (Wildman–Crippen MR) is 109 cm³/mol. The van der Waals surface area contributed by atoms with Crippen LogP contribution in [0, 0.1) is 0 Å². The fraction of sp³-hybridized carbons (Fsp3) is 0.286. The summed E-state index contributed by atoms with van der Waals surface area (Å²) in [7, 11) is -3.97. The fourth-order valence-corrected chi connectivity index (χ4v) is 4.97. The number of hydrogen-bond acceptors (Lipinski definition) is 6. The highest BCUT2D eigenvalue weighted by Gasteiger charge is 2.38. The van der Waals surface area contributed by atoms with Gasteiger partial charge >= 0.3 is 5.97 Å². The molecule has 0 saturated carbocycles. The maximum Gasteiger partial charge on any atom is 0.329 e. The first-order valence-corrected chi connectivity index (χ1v) is 10.9. The molecule has 0 aromatic heterocycles. The number of Topliss-reactive ketones (excluding diaryl/α,β-unsaturated/α-hetero) is 1. The van der Waals surface area contributed by atoms with Crippen LogP contribution in [0.4, 0.5) is 0 Å². The molecule has 30 heavy (non-hydrogen) atoms. The van der Waals surface area contributed by atoms with Crippen LogP contribution in [0.5, 0.6) is 5.75 Å². The van der Waals surface area contributed by atoms with E-state index in [0.717, 1.165) is 4.31 Å². The highest BCUT2D eigenvalue weighted by atomic mass is 32.2. The summed E-state index contributed by atoms with van der Waals surface area (Å²) in [4.78, 5) is 35.6. The van der Waals surface area contributed by atoms with E-state index in [0.29, 0.717) is 24.8 Å². The van der Waals surface area contributed by atoms with Crippen molar-refractivity contribution in [1.29, 1.82) is 0 Å². The van der Waals surface area contributed by atoms with Gasteiger partial charge in [-0.3, -0.25) is 9.59 Å². The molecule has 1 saturated heterocycles. The van der Waals surface area contributed by atoms with Gasteiger partial charge in [0.2, 0.25) is 15.9 Å². The number of ketones is 1. The Balaban J connectivity index is 1.84. The number of rotatable bonds is 6. The van der Waals surface area contributed by atoms with Gasteiger partial charge in [0.05, 0.1) is 4.90 Å². The third-order valence-corrected chi connectivity index (χ3v) is 6.85. The molecular weight excluding hydrogens is 408 g/mol. The Morgan fingerprint density at radius 3 is 2.37 bits per heavy atom. The first kappa shape index (κ1) is 21.7. The van der Waals surface area contributed by atoms with Gasteiger partial charge in [-0.2, -0.15) is 4.31 Å². The van der Waals surface area contributed by atoms with E-state index < -0.39 is 27.9 Å². The number of piperidine rings is 1. The first-order valence-electron chi connectivity index (χ1n) is 9.44. The fourth-order valence-electron chi connectivity index (χ4n) is 3.32. The van der Waals surface area contributed by atoms with E-state index in [1.165, 1.54) is 55.5 Å². The zero-order valence-corrected chi connectivity index (χ0v) is 17.2. The van der Waals surface area contributed by atoms with Crippen molar-refractivity contribution in [2.45, 2.75) is 37.1 Å². The van der Waals surface area contributed by atoms with Gasteiger partial charge < -0.3 is 10.5 Å². The summed E-state index contributed by atoms with van der Waals surface area (Å²) >= 11 is 0. The quantitative estimate of drug-likeness (QED) is 0.425. The van der Waals surface area contributed by atoms with Gasteiger partial charge in [0.15, 0.2) is 5.78 Å². The number of carbonyl (C=O) groups is 3. The van der Waals surface area contributed by atoms with Gasteiger partial charge in [-0.25, -0.2) is 13.2 Å². The SMILES string of the molecule is CC(=O)c1ccc(S(=O)(=O)N2CCCCC2C(=O)Oc2cccc(C(N)=O)c2)cc1. The molecule has 1 amide bonds. The van der Waals surface area contributed by atoms with Crippen LogP contribution in [0.3, 0.4) is 0 Å². The maximum atomic E-state index is 13.2. The lowest BCUT2D eigenvalue weighted by molar-refractivity contribution is -0.139. The lowest BCUT2D eigenvalue weighted by Gasteiger charge is -2.33. The van der Waals surface area contributed by atoms with Crippen LogP contribution in [0.1, 0.15) is 46.9 Å². The molecule has 0 aliphatic carbocycles. The van der Waals surface area contributed by atoms with Crippen molar-refractivity contribution in [3.8, 4) is 5.75 Å². The van der Waals surface area contributed by atoms with Crippen molar-refractivity contribution in [1.82, 2.24) is 4.31 Å². The second-order valence-electron chi connectivity index (χ2n) is 7.02. The van der Waals surface area contributed by atoms with Crippen LogP contribution in [0.25, 0.3) is 0 Å². The lowest BCUT2D eigenvalue weighted by Crippen LogP contribution is -2.49. The van der Waals surface area contributed by atoms with Crippen molar-refractivity contribution < 1.29 is 27.5 Å². The van der Waals surface area contributed by atoms with Crippen LogP contribution >= 0.6 is 0 Å². The zero-order chi connectivity index (χ0) is 21.9. The van der Waals surface area contributed by atoms with Crippen LogP contribution < -0.4 is 10.5 Å². The minimum absolute atomic E-state index is 0.00271. The highest BCUT2D eigenvalue weighted by molar-refractivity contribution is 7.89. The molecule has 2 aromatic rings. The molecule has 0 bridgehead atoms. The van der Waals surface area contributed by atoms with Crippen LogP contribution in [-0.2, 0) is 14.8 Å². The Hall–Kier alpha value is -3.04. The van der Waals surface area contributed by atoms with Gasteiger partial charge in [-0.1, -0.05) is 18.2 Å². The highest BCUT2D eigenvalue weighted by Crippen LogP contribution is 2.27. The summed E-state index contributed by atoms with van der Waals surface area (Å²) in [5, 5.41) is 0. The second kappa shape index (κ2) is 8.76. The van der Waals surface area contributed by atoms with E-state index in [4.69, 9.17) is 10.5 Å². The average molecular weight is 430 g/mol. The van der Waals surface area contributed by atoms with Gasteiger partial charge in [0.1, 0.15) is 11.8 Å². The number of amides is 1. The molecule has 8 nitrogen and oxygen atoms in total. The van der Waals surface area contributed by atoms with Crippen molar-refractivity contribution in [2.75, 3.05) is 6.54 Å². The third-order valence-electron chi connectivity index (χ3n) is 4.93. The van der Waals surface area contributed by atoms with Gasteiger partial charge in [-0.15, -0.1) is 0 Å². The van der Waals surface area contributed by atoms with Crippen molar-refractivity contribution in [3.63, 3.8) is 0 Å². The van der Waals surface area contributed by atoms with E-state index in [1.54, 1.807) is 0 Å². The first-order chi connectivity index (χ1) is 14.2. The topological polar surface area (TPSA) is 124 Å². The molecule has 9 heteroatoms. The van der Waals surface area contributed by atoms with E-state index in [1.807, 2.05) is 0 Å². The largest absolute Gasteiger partial charge is 0.425 e. The van der Waals surface area contributed by atoms with Crippen molar-refractivity contribution >= 4 is 27.7 Å². The molecule has 2 aromatic carbocycles.